The Hall–Kier alpha value is -2.48. The van der Waals surface area contributed by atoms with Gasteiger partial charge in [-0.25, -0.2) is 0 Å². The second-order valence-electron chi connectivity index (χ2n) is 5.08. The largest absolute Gasteiger partial charge is 0.416 e. The highest BCUT2D eigenvalue weighted by Crippen LogP contribution is 2.34. The first-order valence-electron chi connectivity index (χ1n) is 6.88. The van der Waals surface area contributed by atoms with Crippen molar-refractivity contribution in [2.24, 2.45) is 0 Å². The van der Waals surface area contributed by atoms with Crippen LogP contribution in [0.4, 0.5) is 24.5 Å². The molecule has 3 rings (SSSR count). The molecule has 8 heteroatoms. The van der Waals surface area contributed by atoms with Crippen LogP contribution in [-0.4, -0.2) is 17.6 Å². The van der Waals surface area contributed by atoms with Gasteiger partial charge in [0.1, 0.15) is 0 Å². The fourth-order valence-electron chi connectivity index (χ4n) is 2.20. The standard InChI is InChI=1S/C16H11F3N2O2S/c17-16(18,19)10-3-1-2-9(6-10)15(23)20-11-4-5-13-12(7-11)21-14(22)8-24-13/h1-7H,8H2,(H,20,23)(H,21,22). The van der Waals surface area contributed by atoms with Crippen molar-refractivity contribution in [3.05, 3.63) is 53.6 Å². The summed E-state index contributed by atoms with van der Waals surface area (Å²) >= 11 is 1.38. The van der Waals surface area contributed by atoms with Crippen LogP contribution in [-0.2, 0) is 11.0 Å². The van der Waals surface area contributed by atoms with Crippen molar-refractivity contribution in [1.82, 2.24) is 0 Å². The SMILES string of the molecule is O=C1CSc2ccc(NC(=O)c3cccc(C(F)(F)F)c3)cc2N1. The van der Waals surface area contributed by atoms with E-state index in [0.29, 0.717) is 17.1 Å². The number of fused-ring (bicyclic) bond motifs is 1. The second kappa shape index (κ2) is 6.20. The van der Waals surface area contributed by atoms with E-state index in [9.17, 15) is 22.8 Å². The van der Waals surface area contributed by atoms with E-state index in [4.69, 9.17) is 0 Å². The molecule has 0 spiro atoms. The van der Waals surface area contributed by atoms with Gasteiger partial charge in [0.05, 0.1) is 17.0 Å². The lowest BCUT2D eigenvalue weighted by atomic mass is 10.1. The van der Waals surface area contributed by atoms with Gasteiger partial charge in [0.25, 0.3) is 5.91 Å². The number of benzene rings is 2. The molecule has 0 radical (unpaired) electrons. The third-order valence-electron chi connectivity index (χ3n) is 3.32. The summed E-state index contributed by atoms with van der Waals surface area (Å²) in [4.78, 5) is 24.4. The zero-order valence-corrected chi connectivity index (χ0v) is 12.9. The monoisotopic (exact) mass is 352 g/mol. The summed E-state index contributed by atoms with van der Waals surface area (Å²) in [7, 11) is 0. The van der Waals surface area contributed by atoms with Crippen molar-refractivity contribution < 1.29 is 22.8 Å². The maximum atomic E-state index is 12.7. The van der Waals surface area contributed by atoms with Crippen LogP contribution in [0.3, 0.4) is 0 Å². The lowest BCUT2D eigenvalue weighted by Gasteiger charge is -2.17. The summed E-state index contributed by atoms with van der Waals surface area (Å²) in [6.45, 7) is 0. The van der Waals surface area contributed by atoms with Crippen molar-refractivity contribution in [3.63, 3.8) is 0 Å². The van der Waals surface area contributed by atoms with Crippen molar-refractivity contribution in [3.8, 4) is 0 Å². The van der Waals surface area contributed by atoms with Crippen LogP contribution >= 0.6 is 11.8 Å². The first-order valence-corrected chi connectivity index (χ1v) is 7.87. The zero-order valence-electron chi connectivity index (χ0n) is 12.1. The van der Waals surface area contributed by atoms with Gasteiger partial charge in [0, 0.05) is 16.1 Å². The summed E-state index contributed by atoms with van der Waals surface area (Å²) in [6, 6.07) is 9.14. The third kappa shape index (κ3) is 3.53. The molecule has 0 atom stereocenters. The van der Waals surface area contributed by atoms with E-state index in [1.165, 1.54) is 23.9 Å². The summed E-state index contributed by atoms with van der Waals surface area (Å²) in [5.41, 5.74) is -0.0257. The van der Waals surface area contributed by atoms with E-state index < -0.39 is 17.6 Å². The third-order valence-corrected chi connectivity index (χ3v) is 4.40. The number of alkyl halides is 3. The van der Waals surface area contributed by atoms with E-state index in [1.54, 1.807) is 18.2 Å². The molecular formula is C16H11F3N2O2S. The van der Waals surface area contributed by atoms with E-state index in [-0.39, 0.29) is 11.5 Å². The van der Waals surface area contributed by atoms with E-state index in [2.05, 4.69) is 10.6 Å². The molecule has 2 aromatic rings. The molecule has 2 aromatic carbocycles. The lowest BCUT2D eigenvalue weighted by molar-refractivity contribution is -0.137. The molecular weight excluding hydrogens is 341 g/mol. The van der Waals surface area contributed by atoms with Crippen LogP contribution < -0.4 is 10.6 Å². The number of thioether (sulfide) groups is 1. The number of anilines is 2. The Kier molecular flexibility index (Phi) is 4.23. The molecule has 0 saturated carbocycles. The quantitative estimate of drug-likeness (QED) is 0.859. The molecule has 2 amide bonds. The van der Waals surface area contributed by atoms with Gasteiger partial charge in [-0.3, -0.25) is 9.59 Å². The maximum Gasteiger partial charge on any atom is 0.416 e. The summed E-state index contributed by atoms with van der Waals surface area (Å²) in [6.07, 6.45) is -4.51. The molecule has 4 nitrogen and oxygen atoms in total. The van der Waals surface area contributed by atoms with E-state index in [1.807, 2.05) is 0 Å². The minimum atomic E-state index is -4.51. The van der Waals surface area contributed by atoms with Gasteiger partial charge in [0.2, 0.25) is 5.91 Å². The molecule has 1 aliphatic heterocycles. The fraction of sp³-hybridized carbons (Fsp3) is 0.125. The topological polar surface area (TPSA) is 58.2 Å². The van der Waals surface area contributed by atoms with Crippen molar-refractivity contribution in [1.29, 1.82) is 0 Å². The number of amides is 2. The molecule has 0 saturated heterocycles. The minimum absolute atomic E-state index is 0.0963. The number of carbonyl (C=O) groups is 2. The van der Waals surface area contributed by atoms with Crippen molar-refractivity contribution >= 4 is 35.0 Å². The van der Waals surface area contributed by atoms with Crippen LogP contribution in [0.25, 0.3) is 0 Å². The van der Waals surface area contributed by atoms with Gasteiger partial charge in [0.15, 0.2) is 0 Å². The summed E-state index contributed by atoms with van der Waals surface area (Å²) in [5.74, 6) is -0.479. The normalized spacial score (nSPS) is 13.9. The van der Waals surface area contributed by atoms with Crippen molar-refractivity contribution in [2.75, 3.05) is 16.4 Å². The Labute approximate surface area is 139 Å². The number of carbonyl (C=O) groups excluding carboxylic acids is 2. The Balaban J connectivity index is 1.80. The second-order valence-corrected chi connectivity index (χ2v) is 6.10. The van der Waals surface area contributed by atoms with Gasteiger partial charge in [-0.05, 0) is 36.4 Å². The predicted molar refractivity (Wildman–Crippen MR) is 85.2 cm³/mol. The van der Waals surface area contributed by atoms with Gasteiger partial charge in [-0.2, -0.15) is 13.2 Å². The molecule has 0 unspecified atom stereocenters. The minimum Gasteiger partial charge on any atom is -0.324 e. The van der Waals surface area contributed by atoms with Crippen LogP contribution in [0.5, 0.6) is 0 Å². The molecule has 2 N–H and O–H groups in total. The highest BCUT2D eigenvalue weighted by molar-refractivity contribution is 8.00. The molecule has 0 aromatic heterocycles. The van der Waals surface area contributed by atoms with Crippen LogP contribution in [0.1, 0.15) is 15.9 Å². The number of hydrogen-bond acceptors (Lipinski definition) is 3. The first-order chi connectivity index (χ1) is 11.3. The fourth-order valence-corrected chi connectivity index (χ4v) is 2.99. The summed E-state index contributed by atoms with van der Waals surface area (Å²) < 4.78 is 38.1. The first kappa shape index (κ1) is 16.4. The molecule has 0 bridgehead atoms. The van der Waals surface area contributed by atoms with Gasteiger partial charge in [-0.1, -0.05) is 6.07 Å². The highest BCUT2D eigenvalue weighted by atomic mass is 32.2. The highest BCUT2D eigenvalue weighted by Gasteiger charge is 2.30. The Morgan fingerprint density at radius 3 is 2.71 bits per heavy atom. The zero-order chi connectivity index (χ0) is 17.3. The van der Waals surface area contributed by atoms with E-state index >= 15 is 0 Å². The lowest BCUT2D eigenvalue weighted by Crippen LogP contribution is -2.19. The molecule has 24 heavy (non-hydrogen) atoms. The average Bonchev–Trinajstić information content (AvgIpc) is 2.54. The van der Waals surface area contributed by atoms with Crippen LogP contribution in [0, 0.1) is 0 Å². The molecule has 1 heterocycles. The molecule has 0 aliphatic carbocycles. The Bertz CT molecular complexity index is 821. The Morgan fingerprint density at radius 1 is 1.17 bits per heavy atom. The van der Waals surface area contributed by atoms with Crippen molar-refractivity contribution in [2.45, 2.75) is 11.1 Å². The van der Waals surface area contributed by atoms with Gasteiger partial charge < -0.3 is 10.6 Å². The maximum absolute atomic E-state index is 12.7. The van der Waals surface area contributed by atoms with Gasteiger partial charge >= 0.3 is 6.18 Å². The number of hydrogen-bond donors (Lipinski definition) is 2. The molecule has 1 aliphatic rings. The number of rotatable bonds is 2. The average molecular weight is 352 g/mol. The Morgan fingerprint density at radius 2 is 1.96 bits per heavy atom. The molecule has 0 fully saturated rings. The number of nitrogens with one attached hydrogen (secondary N) is 2. The van der Waals surface area contributed by atoms with Crippen LogP contribution in [0.2, 0.25) is 0 Å². The summed E-state index contributed by atoms with van der Waals surface area (Å²) in [5, 5.41) is 5.22. The van der Waals surface area contributed by atoms with Gasteiger partial charge in [-0.15, -0.1) is 11.8 Å². The predicted octanol–water partition coefficient (Wildman–Crippen LogP) is 4.00. The smallest absolute Gasteiger partial charge is 0.324 e. The van der Waals surface area contributed by atoms with E-state index in [0.717, 1.165) is 17.0 Å². The van der Waals surface area contributed by atoms with Crippen LogP contribution in [0.15, 0.2) is 47.4 Å². The molecule has 124 valence electrons. The number of halogens is 3.